The monoisotopic (exact) mass is 615 g/mol. The Balaban J connectivity index is 0.00000484. The molecule has 0 unspecified atom stereocenters. The highest BCUT2D eigenvalue weighted by molar-refractivity contribution is 7.90. The molecule has 0 spiro atoms. The Morgan fingerprint density at radius 1 is 1.07 bits per heavy atom. The lowest BCUT2D eigenvalue weighted by atomic mass is 10.0. The van der Waals surface area contributed by atoms with Gasteiger partial charge in [0.2, 0.25) is 11.8 Å². The van der Waals surface area contributed by atoms with E-state index in [-0.39, 0.29) is 48.1 Å². The van der Waals surface area contributed by atoms with E-state index in [1.165, 1.54) is 13.4 Å². The molecule has 1 aliphatic rings. The number of hydrogen-bond donors (Lipinski definition) is 2. The van der Waals surface area contributed by atoms with Gasteiger partial charge >= 0.3 is 5.97 Å². The molecular weight excluding hydrogens is 582 g/mol. The van der Waals surface area contributed by atoms with Gasteiger partial charge in [-0.2, -0.15) is 0 Å². The quantitative estimate of drug-likeness (QED) is 0.177. The summed E-state index contributed by atoms with van der Waals surface area (Å²) in [5.41, 5.74) is 8.54. The third-order valence-electron chi connectivity index (χ3n) is 7.04. The molecule has 2 aromatic carbocycles. The predicted octanol–water partition coefficient (Wildman–Crippen LogP) is 3.04. The molecule has 1 aromatic heterocycles. The van der Waals surface area contributed by atoms with Crippen LogP contribution >= 0.6 is 12.4 Å². The zero-order chi connectivity index (χ0) is 29.6. The van der Waals surface area contributed by atoms with Gasteiger partial charge in [0.1, 0.15) is 12.4 Å². The summed E-state index contributed by atoms with van der Waals surface area (Å²) in [7, 11) is -1.96. The molecule has 0 saturated carbocycles. The summed E-state index contributed by atoms with van der Waals surface area (Å²) in [4.78, 5) is 27.1. The van der Waals surface area contributed by atoms with E-state index in [1.54, 1.807) is 53.4 Å². The molecule has 13 heteroatoms. The van der Waals surface area contributed by atoms with Crippen LogP contribution in [0, 0.1) is 11.3 Å². The fraction of sp³-hybridized carbons (Fsp3) is 0.345. The number of aryl methyl sites for hydroxylation is 1. The van der Waals surface area contributed by atoms with Crippen LogP contribution in [0.15, 0.2) is 65.6 Å². The van der Waals surface area contributed by atoms with Crippen LogP contribution in [0.25, 0.3) is 11.3 Å². The van der Waals surface area contributed by atoms with E-state index in [0.717, 1.165) is 11.1 Å². The number of halogens is 1. The van der Waals surface area contributed by atoms with Crippen LogP contribution in [0.3, 0.4) is 0 Å². The lowest BCUT2D eigenvalue weighted by Crippen LogP contribution is -2.38. The number of amides is 1. The molecule has 2 atom stereocenters. The summed E-state index contributed by atoms with van der Waals surface area (Å²) in [5, 5.41) is 15.9. The minimum absolute atomic E-state index is 0. The van der Waals surface area contributed by atoms with Crippen molar-refractivity contribution in [3.8, 4) is 17.1 Å². The molecule has 42 heavy (non-hydrogen) atoms. The molecule has 3 aromatic rings. The maximum Gasteiger partial charge on any atom is 0.306 e. The van der Waals surface area contributed by atoms with Gasteiger partial charge in [-0.3, -0.25) is 15.0 Å². The number of hydrogen-bond acceptors (Lipinski definition) is 9. The number of aromatic nitrogens is 2. The molecular formula is C29H34ClN5O6S. The predicted molar refractivity (Wildman–Crippen MR) is 159 cm³/mol. The number of nitrogen functional groups attached to an aromatic ring is 1. The first-order valence-electron chi connectivity index (χ1n) is 13.1. The number of nitrogens with two attached hydrogens (primary N) is 1. The Kier molecular flexibility index (Phi) is 11.0. The van der Waals surface area contributed by atoms with Crippen LogP contribution in [0.1, 0.15) is 30.4 Å². The largest absolute Gasteiger partial charge is 0.474 e. The normalized spacial score (nSPS) is 16.5. The average Bonchev–Trinajstić information content (AvgIpc) is 3.25. The molecule has 4 rings (SSSR count). The van der Waals surface area contributed by atoms with Crippen LogP contribution in [0.5, 0.6) is 5.88 Å². The summed E-state index contributed by atoms with van der Waals surface area (Å²) >= 11 is 0. The summed E-state index contributed by atoms with van der Waals surface area (Å²) in [6.45, 7) is 0.646. The first-order valence-corrected chi connectivity index (χ1v) is 15.0. The number of carbonyl (C=O) groups excluding carboxylic acids is 2. The van der Waals surface area contributed by atoms with Gasteiger partial charge in [-0.25, -0.2) is 8.42 Å². The molecule has 3 N–H and O–H groups in total. The fourth-order valence-electron chi connectivity index (χ4n) is 4.79. The van der Waals surface area contributed by atoms with Crippen LogP contribution in [0.4, 0.5) is 0 Å². The Bertz CT molecular complexity index is 1500. The van der Waals surface area contributed by atoms with E-state index < -0.39 is 21.7 Å². The Morgan fingerprint density at radius 2 is 1.76 bits per heavy atom. The fourth-order valence-corrected chi connectivity index (χ4v) is 5.42. The molecule has 1 saturated heterocycles. The van der Waals surface area contributed by atoms with Gasteiger partial charge in [-0.1, -0.05) is 36.4 Å². The van der Waals surface area contributed by atoms with Crippen LogP contribution in [0.2, 0.25) is 0 Å². The molecule has 0 aliphatic carbocycles. The van der Waals surface area contributed by atoms with Gasteiger partial charge in [0, 0.05) is 30.0 Å². The van der Waals surface area contributed by atoms with Gasteiger partial charge in [-0.15, -0.1) is 22.6 Å². The first kappa shape index (κ1) is 32.5. The van der Waals surface area contributed by atoms with Crippen molar-refractivity contribution in [3.63, 3.8) is 0 Å². The molecule has 1 aliphatic heterocycles. The van der Waals surface area contributed by atoms with E-state index >= 15 is 0 Å². The molecule has 1 fully saturated rings. The summed E-state index contributed by atoms with van der Waals surface area (Å²) in [6.07, 6.45) is 2.94. The van der Waals surface area contributed by atoms with Gasteiger partial charge in [0.25, 0.3) is 0 Å². The maximum atomic E-state index is 13.2. The number of nitrogens with one attached hydrogen (secondary N) is 1. The third-order valence-corrected chi connectivity index (χ3v) is 8.17. The number of sulfone groups is 1. The van der Waals surface area contributed by atoms with Gasteiger partial charge < -0.3 is 20.1 Å². The van der Waals surface area contributed by atoms with Crippen molar-refractivity contribution in [1.29, 1.82) is 5.41 Å². The minimum atomic E-state index is -3.26. The van der Waals surface area contributed by atoms with E-state index in [1.807, 2.05) is 12.1 Å². The second-order valence-corrected chi connectivity index (χ2v) is 12.0. The summed E-state index contributed by atoms with van der Waals surface area (Å²) in [5.74, 6) is -0.746. The number of benzene rings is 2. The summed E-state index contributed by atoms with van der Waals surface area (Å²) in [6, 6.07) is 17.1. The van der Waals surface area contributed by atoms with E-state index in [0.29, 0.717) is 42.9 Å². The van der Waals surface area contributed by atoms with Crippen molar-refractivity contribution in [2.75, 3.05) is 26.5 Å². The van der Waals surface area contributed by atoms with E-state index in [2.05, 4.69) is 10.2 Å². The molecule has 0 radical (unpaired) electrons. The van der Waals surface area contributed by atoms with Crippen molar-refractivity contribution in [2.24, 2.45) is 11.7 Å². The van der Waals surface area contributed by atoms with Crippen molar-refractivity contribution in [2.45, 2.75) is 36.6 Å². The molecule has 2 heterocycles. The van der Waals surface area contributed by atoms with E-state index in [4.69, 9.17) is 20.6 Å². The standard InChI is InChI=1S/C29H33N5O6S.ClH/c1-39-27(35)17-22-16-23(34(29(22)36)15-3-4-19-5-11-24(12-6-19)41(2,37)38)18-40-26-14-13-25(32-33-26)20-7-9-21(10-8-20)28(30)31;/h5-14,22-23H,3-4,15-18H2,1-2H3,(H3,30,31);1H/t22-,23-;/m0./s1. The second-order valence-electron chi connectivity index (χ2n) is 9.98. The number of methoxy groups -OCH3 is 1. The molecule has 11 nitrogen and oxygen atoms in total. The number of likely N-dealkylation sites (tertiary alicyclic amines) is 1. The van der Waals surface area contributed by atoms with Gasteiger partial charge in [-0.05, 0) is 43.0 Å². The number of ether oxygens (including phenoxy) is 2. The third kappa shape index (κ3) is 8.26. The lowest BCUT2D eigenvalue weighted by molar-refractivity contribution is -0.144. The molecule has 1 amide bonds. The number of amidine groups is 1. The maximum absolute atomic E-state index is 13.2. The highest BCUT2D eigenvalue weighted by Crippen LogP contribution is 2.29. The van der Waals surface area contributed by atoms with Crippen LogP contribution in [-0.2, 0) is 30.6 Å². The zero-order valence-corrected chi connectivity index (χ0v) is 25.0. The average molecular weight is 616 g/mol. The van der Waals surface area contributed by atoms with Crippen LogP contribution in [-0.4, -0.2) is 73.8 Å². The Morgan fingerprint density at radius 3 is 2.33 bits per heavy atom. The SMILES string of the molecule is COC(=O)C[C@@H]1C[C@@H](COc2ccc(-c3ccc(C(=N)N)cc3)nn2)N(CCCc2ccc(S(C)(=O)=O)cc2)C1=O.Cl. The first-order chi connectivity index (χ1) is 19.5. The topological polar surface area (TPSA) is 166 Å². The zero-order valence-electron chi connectivity index (χ0n) is 23.4. The van der Waals surface area contributed by atoms with Crippen molar-refractivity contribution in [1.82, 2.24) is 15.1 Å². The summed E-state index contributed by atoms with van der Waals surface area (Å²) < 4.78 is 34.1. The number of carbonyl (C=O) groups is 2. The highest BCUT2D eigenvalue weighted by Gasteiger charge is 2.40. The number of nitrogens with zero attached hydrogens (tertiary/aromatic N) is 3. The Hall–Kier alpha value is -4.03. The number of esters is 1. The lowest BCUT2D eigenvalue weighted by Gasteiger charge is -2.24. The smallest absolute Gasteiger partial charge is 0.306 e. The Labute approximate surface area is 251 Å². The van der Waals surface area contributed by atoms with Crippen LogP contribution < -0.4 is 10.5 Å². The number of rotatable bonds is 12. The second kappa shape index (κ2) is 14.2. The molecule has 0 bridgehead atoms. The van der Waals surface area contributed by atoms with Gasteiger partial charge in [0.15, 0.2) is 9.84 Å². The molecule has 224 valence electrons. The van der Waals surface area contributed by atoms with Crippen molar-refractivity contribution >= 4 is 40.0 Å². The minimum Gasteiger partial charge on any atom is -0.474 e. The van der Waals surface area contributed by atoms with Crippen molar-refractivity contribution in [3.05, 3.63) is 71.8 Å². The van der Waals surface area contributed by atoms with E-state index in [9.17, 15) is 18.0 Å². The van der Waals surface area contributed by atoms with Crippen molar-refractivity contribution < 1.29 is 27.5 Å². The van der Waals surface area contributed by atoms with Gasteiger partial charge in [0.05, 0.1) is 36.1 Å². The highest BCUT2D eigenvalue weighted by atomic mass is 35.5.